The van der Waals surface area contributed by atoms with E-state index in [9.17, 15) is 0 Å². The van der Waals surface area contributed by atoms with Crippen molar-refractivity contribution < 1.29 is 0 Å². The monoisotopic (exact) mass is 228 g/mol. The van der Waals surface area contributed by atoms with Gasteiger partial charge in [0.2, 0.25) is 0 Å². The van der Waals surface area contributed by atoms with E-state index in [1.165, 1.54) is 0 Å². The molecule has 14 heavy (non-hydrogen) atoms. The van der Waals surface area contributed by atoms with E-state index < -0.39 is 0 Å². The Labute approximate surface area is 93.7 Å². The number of nitrogens with one attached hydrogen (secondary N) is 1. The summed E-state index contributed by atoms with van der Waals surface area (Å²) in [6.45, 7) is 2.00. The van der Waals surface area contributed by atoms with Crippen molar-refractivity contribution in [2.45, 2.75) is 6.92 Å². The van der Waals surface area contributed by atoms with Gasteiger partial charge in [0.05, 0.1) is 12.0 Å². The maximum Gasteiger partial charge on any atom is 0.0929 e. The molecule has 2 nitrogen and oxygen atoms in total. The lowest BCUT2D eigenvalue weighted by molar-refractivity contribution is 1.25. The predicted octanol–water partition coefficient (Wildman–Crippen LogP) is 3.46. The van der Waals surface area contributed by atoms with Gasteiger partial charge in [-0.2, -0.15) is 0 Å². The molecule has 4 heteroatoms. The summed E-state index contributed by atoms with van der Waals surface area (Å²) in [7, 11) is 0. The van der Waals surface area contributed by atoms with E-state index in [-0.39, 0.29) is 12.4 Å². The van der Waals surface area contributed by atoms with Gasteiger partial charge in [0.15, 0.2) is 0 Å². The summed E-state index contributed by atoms with van der Waals surface area (Å²) in [6.07, 6.45) is 1.69. The van der Waals surface area contributed by atoms with Crippen LogP contribution in [0.4, 0.5) is 0 Å². The lowest BCUT2D eigenvalue weighted by Gasteiger charge is -1.97. The van der Waals surface area contributed by atoms with Gasteiger partial charge in [0.1, 0.15) is 0 Å². The normalized spacial score (nSPS) is 9.57. The Morgan fingerprint density at radius 2 is 1.86 bits per heavy atom. The van der Waals surface area contributed by atoms with Crippen LogP contribution in [0, 0.1) is 6.92 Å². The third kappa shape index (κ3) is 2.08. The molecule has 74 valence electrons. The highest BCUT2D eigenvalue weighted by Gasteiger charge is 2.02. The Kier molecular flexibility index (Phi) is 3.55. The van der Waals surface area contributed by atoms with Gasteiger partial charge in [0, 0.05) is 16.3 Å². The zero-order chi connectivity index (χ0) is 9.26. The molecule has 0 amide bonds. The maximum absolute atomic E-state index is 5.78. The highest BCUT2D eigenvalue weighted by molar-refractivity contribution is 6.30. The Morgan fingerprint density at radius 3 is 2.36 bits per heavy atom. The molecule has 1 aromatic carbocycles. The van der Waals surface area contributed by atoms with Crippen molar-refractivity contribution >= 4 is 24.0 Å². The fourth-order valence-electron chi connectivity index (χ4n) is 1.26. The van der Waals surface area contributed by atoms with Gasteiger partial charge in [-0.3, -0.25) is 0 Å². The summed E-state index contributed by atoms with van der Waals surface area (Å²) in [6, 6.07) is 7.66. The molecule has 0 fully saturated rings. The van der Waals surface area contributed by atoms with Gasteiger partial charge in [-0.25, -0.2) is 4.98 Å². The Bertz CT molecular complexity index is 406. The summed E-state index contributed by atoms with van der Waals surface area (Å²) in [5, 5.41) is 0.747. The summed E-state index contributed by atoms with van der Waals surface area (Å²) >= 11 is 5.78. The molecule has 0 saturated heterocycles. The minimum Gasteiger partial charge on any atom is -0.348 e. The van der Waals surface area contributed by atoms with Crippen molar-refractivity contribution in [2.75, 3.05) is 0 Å². The van der Waals surface area contributed by atoms with E-state index in [2.05, 4.69) is 9.97 Å². The third-order valence-corrected chi connectivity index (χ3v) is 2.20. The van der Waals surface area contributed by atoms with Crippen LogP contribution in [0.5, 0.6) is 0 Å². The number of H-pyrrole nitrogens is 1. The van der Waals surface area contributed by atoms with Gasteiger partial charge in [-0.1, -0.05) is 23.7 Å². The standard InChI is InChI=1S/C10H9ClN2.ClH/c1-7-10(13-6-12-7)8-2-4-9(11)5-3-8;/h2-6H,1H3,(H,12,13);1H. The van der Waals surface area contributed by atoms with Crippen LogP contribution in [-0.4, -0.2) is 9.97 Å². The topological polar surface area (TPSA) is 28.7 Å². The molecule has 2 rings (SSSR count). The van der Waals surface area contributed by atoms with Crippen molar-refractivity contribution in [3.63, 3.8) is 0 Å². The first-order valence-corrected chi connectivity index (χ1v) is 4.41. The Morgan fingerprint density at radius 1 is 1.21 bits per heavy atom. The van der Waals surface area contributed by atoms with Gasteiger partial charge < -0.3 is 4.98 Å². The molecule has 0 aliphatic carbocycles. The van der Waals surface area contributed by atoms with Crippen LogP contribution >= 0.6 is 24.0 Å². The van der Waals surface area contributed by atoms with Crippen LogP contribution in [0.25, 0.3) is 11.3 Å². The van der Waals surface area contributed by atoms with Crippen molar-refractivity contribution in [3.8, 4) is 11.3 Å². The number of aromatic nitrogens is 2. The highest BCUT2D eigenvalue weighted by atomic mass is 35.5. The molecule has 1 heterocycles. The molecule has 0 bridgehead atoms. The number of benzene rings is 1. The van der Waals surface area contributed by atoms with Crippen LogP contribution in [-0.2, 0) is 0 Å². The smallest absolute Gasteiger partial charge is 0.0929 e. The second-order valence-corrected chi connectivity index (χ2v) is 3.32. The summed E-state index contributed by atoms with van der Waals surface area (Å²) in [4.78, 5) is 7.25. The quantitative estimate of drug-likeness (QED) is 0.796. The third-order valence-electron chi connectivity index (χ3n) is 1.95. The lowest BCUT2D eigenvalue weighted by Crippen LogP contribution is -1.80. The number of imidazole rings is 1. The molecule has 0 aliphatic rings. The predicted molar refractivity (Wildman–Crippen MR) is 61.0 cm³/mol. The van der Waals surface area contributed by atoms with Crippen molar-refractivity contribution in [1.82, 2.24) is 9.97 Å². The van der Waals surface area contributed by atoms with Crippen LogP contribution < -0.4 is 0 Å². The number of hydrogen-bond donors (Lipinski definition) is 1. The van der Waals surface area contributed by atoms with E-state index in [0.717, 1.165) is 22.0 Å². The van der Waals surface area contributed by atoms with E-state index in [1.54, 1.807) is 6.33 Å². The summed E-state index contributed by atoms with van der Waals surface area (Å²) in [5.74, 6) is 0. The van der Waals surface area contributed by atoms with Crippen molar-refractivity contribution in [2.24, 2.45) is 0 Å². The minimum atomic E-state index is 0. The van der Waals surface area contributed by atoms with Gasteiger partial charge in [-0.15, -0.1) is 12.4 Å². The van der Waals surface area contributed by atoms with E-state index in [1.807, 2.05) is 31.2 Å². The maximum atomic E-state index is 5.78. The minimum absolute atomic E-state index is 0. The number of halogens is 2. The molecule has 2 aromatic rings. The Hall–Kier alpha value is -0.990. The number of nitrogens with zero attached hydrogens (tertiary/aromatic N) is 1. The van der Waals surface area contributed by atoms with E-state index >= 15 is 0 Å². The molecule has 0 unspecified atom stereocenters. The molecule has 1 aromatic heterocycles. The number of rotatable bonds is 1. The van der Waals surface area contributed by atoms with Crippen LogP contribution in [0.3, 0.4) is 0 Å². The molecular weight excluding hydrogens is 219 g/mol. The molecule has 0 saturated carbocycles. The lowest BCUT2D eigenvalue weighted by atomic mass is 10.1. The van der Waals surface area contributed by atoms with Crippen molar-refractivity contribution in [3.05, 3.63) is 41.3 Å². The van der Waals surface area contributed by atoms with Crippen LogP contribution in [0.15, 0.2) is 30.6 Å². The molecular formula is C10H10Cl2N2. The summed E-state index contributed by atoms with van der Waals surface area (Å²) in [5.41, 5.74) is 3.14. The highest BCUT2D eigenvalue weighted by Crippen LogP contribution is 2.21. The number of aromatic amines is 1. The summed E-state index contributed by atoms with van der Waals surface area (Å²) < 4.78 is 0. The first-order valence-electron chi connectivity index (χ1n) is 4.03. The van der Waals surface area contributed by atoms with Crippen LogP contribution in [0.2, 0.25) is 5.02 Å². The fourth-order valence-corrected chi connectivity index (χ4v) is 1.38. The number of hydrogen-bond acceptors (Lipinski definition) is 1. The Balaban J connectivity index is 0.000000980. The second kappa shape index (κ2) is 4.49. The number of aryl methyl sites for hydroxylation is 1. The molecule has 0 radical (unpaired) electrons. The largest absolute Gasteiger partial charge is 0.348 e. The van der Waals surface area contributed by atoms with E-state index in [4.69, 9.17) is 11.6 Å². The molecule has 1 N–H and O–H groups in total. The zero-order valence-corrected chi connectivity index (χ0v) is 9.19. The van der Waals surface area contributed by atoms with Gasteiger partial charge in [-0.05, 0) is 19.1 Å². The first-order chi connectivity index (χ1) is 6.27. The fraction of sp³-hybridized carbons (Fsp3) is 0.100. The zero-order valence-electron chi connectivity index (χ0n) is 7.62. The van der Waals surface area contributed by atoms with Crippen LogP contribution in [0.1, 0.15) is 5.69 Å². The second-order valence-electron chi connectivity index (χ2n) is 2.88. The van der Waals surface area contributed by atoms with Gasteiger partial charge >= 0.3 is 0 Å². The first kappa shape index (κ1) is 11.1. The average molecular weight is 229 g/mol. The molecule has 0 aliphatic heterocycles. The SMILES string of the molecule is Cc1[nH]cnc1-c1ccc(Cl)cc1.Cl. The average Bonchev–Trinajstić information content (AvgIpc) is 2.53. The van der Waals surface area contributed by atoms with Gasteiger partial charge in [0.25, 0.3) is 0 Å². The molecule has 0 spiro atoms. The van der Waals surface area contributed by atoms with Crippen molar-refractivity contribution in [1.29, 1.82) is 0 Å². The van der Waals surface area contributed by atoms with E-state index in [0.29, 0.717) is 0 Å². The molecule has 0 atom stereocenters.